The van der Waals surface area contributed by atoms with Gasteiger partial charge in [0, 0.05) is 49.6 Å². The first-order valence-corrected chi connectivity index (χ1v) is 21.7. The molecule has 13 aromatic rings. The number of furan rings is 2. The first kappa shape index (κ1) is 36.1. The lowest BCUT2D eigenvalue weighted by atomic mass is 9.98. The smallest absolute Gasteiger partial charge is 0.145 e. The summed E-state index contributed by atoms with van der Waals surface area (Å²) in [4.78, 5) is 2.40. The summed E-state index contributed by atoms with van der Waals surface area (Å²) in [5, 5.41) is 6.67. The van der Waals surface area contributed by atoms with Crippen molar-refractivity contribution < 1.29 is 8.83 Å². The molecule has 0 aliphatic rings. The fourth-order valence-corrected chi connectivity index (χ4v) is 9.82. The Morgan fingerprint density at radius 3 is 1.61 bits per heavy atom. The molecular formula is C60H38N2O2. The highest BCUT2D eigenvalue weighted by Crippen LogP contribution is 2.48. The van der Waals surface area contributed by atoms with Crippen LogP contribution in [0.5, 0.6) is 0 Å². The molecule has 0 atom stereocenters. The van der Waals surface area contributed by atoms with E-state index < -0.39 is 0 Å². The molecule has 13 rings (SSSR count). The van der Waals surface area contributed by atoms with Crippen LogP contribution in [0.1, 0.15) is 0 Å². The monoisotopic (exact) mass is 818 g/mol. The quantitative estimate of drug-likeness (QED) is 0.161. The molecule has 4 nitrogen and oxygen atoms in total. The molecule has 0 aliphatic carbocycles. The van der Waals surface area contributed by atoms with Crippen LogP contribution in [0.15, 0.2) is 239 Å². The van der Waals surface area contributed by atoms with Crippen LogP contribution in [0, 0.1) is 0 Å². The Morgan fingerprint density at radius 2 is 0.906 bits per heavy atom. The second-order valence-electron chi connectivity index (χ2n) is 16.5. The molecule has 4 heteroatoms. The van der Waals surface area contributed by atoms with Crippen molar-refractivity contribution in [3.8, 4) is 39.1 Å². The third-order valence-electron chi connectivity index (χ3n) is 12.8. The number of para-hydroxylation sites is 2. The highest BCUT2D eigenvalue weighted by molar-refractivity contribution is 6.18. The van der Waals surface area contributed by atoms with Crippen LogP contribution in [-0.4, -0.2) is 4.57 Å². The van der Waals surface area contributed by atoms with Gasteiger partial charge in [0.05, 0.1) is 22.1 Å². The Balaban J connectivity index is 1.09. The van der Waals surface area contributed by atoms with E-state index in [1.807, 2.05) is 0 Å². The van der Waals surface area contributed by atoms with Gasteiger partial charge < -0.3 is 18.3 Å². The zero-order valence-electron chi connectivity index (χ0n) is 34.7. The summed E-state index contributed by atoms with van der Waals surface area (Å²) in [6.45, 7) is 0. The van der Waals surface area contributed by atoms with Crippen molar-refractivity contribution in [2.45, 2.75) is 0 Å². The Kier molecular flexibility index (Phi) is 8.18. The van der Waals surface area contributed by atoms with E-state index in [9.17, 15) is 0 Å². The van der Waals surface area contributed by atoms with Gasteiger partial charge >= 0.3 is 0 Å². The zero-order valence-corrected chi connectivity index (χ0v) is 34.7. The van der Waals surface area contributed by atoms with E-state index in [4.69, 9.17) is 8.83 Å². The number of aromatic nitrogens is 1. The largest absolute Gasteiger partial charge is 0.456 e. The summed E-state index contributed by atoms with van der Waals surface area (Å²) in [5.41, 5.74) is 16.5. The van der Waals surface area contributed by atoms with Crippen LogP contribution in [0.3, 0.4) is 0 Å². The van der Waals surface area contributed by atoms with Gasteiger partial charge in [0.1, 0.15) is 22.3 Å². The molecule has 0 fully saturated rings. The van der Waals surface area contributed by atoms with Crippen molar-refractivity contribution in [2.24, 2.45) is 0 Å². The van der Waals surface area contributed by atoms with Gasteiger partial charge in [0.25, 0.3) is 0 Å². The van der Waals surface area contributed by atoms with Crippen LogP contribution in [0.25, 0.3) is 105 Å². The predicted molar refractivity (Wildman–Crippen MR) is 266 cm³/mol. The van der Waals surface area contributed by atoms with Gasteiger partial charge in [-0.15, -0.1) is 0 Å². The lowest BCUT2D eigenvalue weighted by Gasteiger charge is -2.27. The molecule has 0 spiro atoms. The molecule has 10 aromatic carbocycles. The van der Waals surface area contributed by atoms with Crippen LogP contribution in [-0.2, 0) is 0 Å². The van der Waals surface area contributed by atoms with Crippen molar-refractivity contribution in [3.63, 3.8) is 0 Å². The van der Waals surface area contributed by atoms with Gasteiger partial charge in [-0.25, -0.2) is 0 Å². The van der Waals surface area contributed by atoms with Crippen LogP contribution >= 0.6 is 0 Å². The summed E-state index contributed by atoms with van der Waals surface area (Å²) in [7, 11) is 0. The SMILES string of the molecule is c1ccc(-c2ccc3c(c2)oc2c(-c4ccccc4)ccc(N(c4cccc(-n5c6ccccc6c6ccccc65)c4)c4ccc5oc6ccc(-c7ccccc7)cc6c5c4)c23)cc1. The average molecular weight is 819 g/mol. The van der Waals surface area contributed by atoms with Crippen molar-refractivity contribution >= 4 is 82.7 Å². The zero-order chi connectivity index (χ0) is 42.1. The van der Waals surface area contributed by atoms with E-state index >= 15 is 0 Å². The number of fused-ring (bicyclic) bond motifs is 9. The standard InChI is InChI=1S/C60H38N2O2/c1-4-15-39(16-5-1)42-28-33-56-51(35-42)52-38-46(29-34-57(52)63-56)61(44-21-14-22-45(37-44)62-53-25-12-10-23-48(53)49-24-11-13-26-54(49)62)55-32-31-47(41-19-8-3-9-20-41)60-59(55)50-30-27-43(36-58(50)64-60)40-17-6-2-7-18-40/h1-38H. The van der Waals surface area contributed by atoms with Gasteiger partial charge in [-0.1, -0.05) is 146 Å². The maximum atomic E-state index is 7.07. The summed E-state index contributed by atoms with van der Waals surface area (Å²) in [6, 6.07) is 82.1. The van der Waals surface area contributed by atoms with Crippen molar-refractivity contribution in [1.29, 1.82) is 0 Å². The summed E-state index contributed by atoms with van der Waals surface area (Å²) in [6.07, 6.45) is 0. The Bertz CT molecular complexity index is 3840. The fourth-order valence-electron chi connectivity index (χ4n) is 9.82. The van der Waals surface area contributed by atoms with E-state index in [0.29, 0.717) is 0 Å². The second-order valence-corrected chi connectivity index (χ2v) is 16.5. The predicted octanol–water partition coefficient (Wildman–Crippen LogP) is 17.1. The topological polar surface area (TPSA) is 34.5 Å². The molecule has 0 saturated carbocycles. The number of hydrogen-bond donors (Lipinski definition) is 0. The van der Waals surface area contributed by atoms with E-state index in [2.05, 4.69) is 240 Å². The highest BCUT2D eigenvalue weighted by Gasteiger charge is 2.24. The van der Waals surface area contributed by atoms with E-state index in [0.717, 1.165) is 105 Å². The van der Waals surface area contributed by atoms with Gasteiger partial charge in [-0.2, -0.15) is 0 Å². The minimum absolute atomic E-state index is 0.838. The fraction of sp³-hybridized carbons (Fsp3) is 0. The molecule has 0 bridgehead atoms. The lowest BCUT2D eigenvalue weighted by Crippen LogP contribution is -2.11. The molecule has 3 heterocycles. The normalized spacial score (nSPS) is 11.8. The maximum absolute atomic E-state index is 7.07. The Hall–Kier alpha value is -8.60. The van der Waals surface area contributed by atoms with Crippen LogP contribution < -0.4 is 4.90 Å². The number of benzene rings is 10. The molecule has 0 amide bonds. The third-order valence-corrected chi connectivity index (χ3v) is 12.8. The number of hydrogen-bond acceptors (Lipinski definition) is 3. The molecular weight excluding hydrogens is 781 g/mol. The van der Waals surface area contributed by atoms with Crippen molar-refractivity contribution in [1.82, 2.24) is 4.57 Å². The maximum Gasteiger partial charge on any atom is 0.145 e. The average Bonchev–Trinajstić information content (AvgIpc) is 4.04. The molecule has 0 saturated heterocycles. The van der Waals surface area contributed by atoms with E-state index in [-0.39, 0.29) is 0 Å². The van der Waals surface area contributed by atoms with Gasteiger partial charge in [0.2, 0.25) is 0 Å². The first-order valence-electron chi connectivity index (χ1n) is 21.7. The summed E-state index contributed by atoms with van der Waals surface area (Å²) in [5.74, 6) is 0. The molecule has 3 aromatic heterocycles. The minimum atomic E-state index is 0.838. The number of rotatable bonds is 7. The summed E-state index contributed by atoms with van der Waals surface area (Å²) < 4.78 is 16.0. The van der Waals surface area contributed by atoms with Crippen molar-refractivity contribution in [3.05, 3.63) is 231 Å². The summed E-state index contributed by atoms with van der Waals surface area (Å²) >= 11 is 0. The molecule has 0 radical (unpaired) electrons. The third kappa shape index (κ3) is 5.77. The first-order chi connectivity index (χ1) is 31.7. The molecule has 64 heavy (non-hydrogen) atoms. The van der Waals surface area contributed by atoms with E-state index in [1.54, 1.807) is 0 Å². The minimum Gasteiger partial charge on any atom is -0.456 e. The highest BCUT2D eigenvalue weighted by atomic mass is 16.3. The van der Waals surface area contributed by atoms with E-state index in [1.165, 1.54) is 16.3 Å². The number of anilines is 3. The van der Waals surface area contributed by atoms with Gasteiger partial charge in [-0.3, -0.25) is 0 Å². The van der Waals surface area contributed by atoms with Gasteiger partial charge in [-0.05, 0) is 113 Å². The molecule has 0 N–H and O–H groups in total. The van der Waals surface area contributed by atoms with Crippen LogP contribution in [0.2, 0.25) is 0 Å². The number of nitrogens with zero attached hydrogens (tertiary/aromatic N) is 2. The van der Waals surface area contributed by atoms with Gasteiger partial charge in [0.15, 0.2) is 0 Å². The Morgan fingerprint density at radius 1 is 0.328 bits per heavy atom. The van der Waals surface area contributed by atoms with Crippen molar-refractivity contribution in [2.75, 3.05) is 4.90 Å². The molecule has 0 unspecified atom stereocenters. The molecule has 300 valence electrons. The lowest BCUT2D eigenvalue weighted by molar-refractivity contribution is 0.669. The second kappa shape index (κ2) is 14.5. The Labute approximate surface area is 369 Å². The molecule has 0 aliphatic heterocycles. The van der Waals surface area contributed by atoms with Crippen LogP contribution in [0.4, 0.5) is 17.1 Å².